The Bertz CT molecular complexity index is 799. The number of ether oxygens (including phenoxy) is 1. The van der Waals surface area contributed by atoms with Crippen LogP contribution in [-0.2, 0) is 6.42 Å². The molecule has 3 saturated heterocycles. The Balaban J connectivity index is 1.29. The van der Waals surface area contributed by atoms with Gasteiger partial charge in [-0.15, -0.1) is 0 Å². The average Bonchev–Trinajstić information content (AvgIpc) is 3.00. The molecule has 2 bridgehead atoms. The third-order valence-electron chi connectivity index (χ3n) is 5.88. The fourth-order valence-corrected chi connectivity index (χ4v) is 4.54. The first-order valence-corrected chi connectivity index (χ1v) is 9.12. The smallest absolute Gasteiger partial charge is 0.120 e. The van der Waals surface area contributed by atoms with Crippen LogP contribution in [0.3, 0.4) is 0 Å². The van der Waals surface area contributed by atoms with E-state index in [-0.39, 0.29) is 0 Å². The SMILES string of the molecule is C(/COc1ccc2c(c1)Cc1ccccc1-2)=C1\CN2CCC1CC2. The summed E-state index contributed by atoms with van der Waals surface area (Å²) in [6.07, 6.45) is 6.03. The maximum Gasteiger partial charge on any atom is 0.120 e. The van der Waals surface area contributed by atoms with Crippen molar-refractivity contribution in [2.24, 2.45) is 5.92 Å². The Hall–Kier alpha value is -2.06. The number of fused-ring (bicyclic) bond motifs is 6. The molecule has 0 radical (unpaired) electrons. The quantitative estimate of drug-likeness (QED) is 0.668. The van der Waals surface area contributed by atoms with Crippen LogP contribution in [0.2, 0.25) is 0 Å². The van der Waals surface area contributed by atoms with Crippen molar-refractivity contribution in [3.8, 4) is 16.9 Å². The van der Waals surface area contributed by atoms with Crippen LogP contribution in [0.5, 0.6) is 5.75 Å². The lowest BCUT2D eigenvalue weighted by Gasteiger charge is -2.41. The molecule has 4 aliphatic rings. The van der Waals surface area contributed by atoms with Gasteiger partial charge in [0.25, 0.3) is 0 Å². The average molecular weight is 317 g/mol. The van der Waals surface area contributed by atoms with Gasteiger partial charge in [0.15, 0.2) is 0 Å². The first kappa shape index (κ1) is 14.3. The van der Waals surface area contributed by atoms with Crippen molar-refractivity contribution in [3.05, 3.63) is 65.2 Å². The van der Waals surface area contributed by atoms with E-state index in [1.54, 1.807) is 5.57 Å². The summed E-state index contributed by atoms with van der Waals surface area (Å²) in [4.78, 5) is 2.57. The zero-order valence-electron chi connectivity index (χ0n) is 14.0. The lowest BCUT2D eigenvalue weighted by molar-refractivity contribution is 0.160. The van der Waals surface area contributed by atoms with E-state index in [4.69, 9.17) is 4.74 Å². The van der Waals surface area contributed by atoms with Gasteiger partial charge in [-0.3, -0.25) is 4.90 Å². The third kappa shape index (κ3) is 2.46. The first-order valence-electron chi connectivity index (χ1n) is 9.12. The van der Waals surface area contributed by atoms with Gasteiger partial charge < -0.3 is 4.74 Å². The Morgan fingerprint density at radius 3 is 2.67 bits per heavy atom. The first-order chi connectivity index (χ1) is 11.9. The number of hydrogen-bond donors (Lipinski definition) is 0. The molecule has 0 N–H and O–H groups in total. The standard InChI is InChI=1S/C22H23NO/c1-2-4-21-17(3-1)13-19-14-20(5-6-22(19)21)24-12-9-18-15-23-10-7-16(18)8-11-23/h1-6,9,14,16H,7-8,10-13,15H2/b18-9-. The predicted molar refractivity (Wildman–Crippen MR) is 97.4 cm³/mol. The van der Waals surface area contributed by atoms with Gasteiger partial charge in [-0.2, -0.15) is 0 Å². The van der Waals surface area contributed by atoms with Gasteiger partial charge in [0.2, 0.25) is 0 Å². The fourth-order valence-electron chi connectivity index (χ4n) is 4.54. The molecule has 0 amide bonds. The number of hydrogen-bond acceptors (Lipinski definition) is 2. The van der Waals surface area contributed by atoms with Crippen LogP contribution >= 0.6 is 0 Å². The van der Waals surface area contributed by atoms with E-state index in [0.717, 1.165) is 24.6 Å². The molecular formula is C22H23NO. The number of rotatable bonds is 3. The minimum atomic E-state index is 0.700. The molecule has 0 aromatic heterocycles. The van der Waals surface area contributed by atoms with Crippen molar-refractivity contribution in [2.75, 3.05) is 26.2 Å². The lowest BCUT2D eigenvalue weighted by Crippen LogP contribution is -2.43. The van der Waals surface area contributed by atoms with Crippen LogP contribution < -0.4 is 4.74 Å². The fraction of sp³-hybridized carbons (Fsp3) is 0.364. The molecule has 2 heteroatoms. The molecule has 24 heavy (non-hydrogen) atoms. The van der Waals surface area contributed by atoms with Crippen molar-refractivity contribution in [2.45, 2.75) is 19.3 Å². The van der Waals surface area contributed by atoms with Crippen molar-refractivity contribution in [1.82, 2.24) is 4.90 Å². The van der Waals surface area contributed by atoms with Crippen molar-refractivity contribution in [3.63, 3.8) is 0 Å². The van der Waals surface area contributed by atoms with Crippen LogP contribution in [0.1, 0.15) is 24.0 Å². The Kier molecular flexibility index (Phi) is 3.45. The molecule has 0 unspecified atom stereocenters. The molecule has 2 aromatic rings. The van der Waals surface area contributed by atoms with E-state index in [9.17, 15) is 0 Å². The van der Waals surface area contributed by atoms with E-state index < -0.39 is 0 Å². The lowest BCUT2D eigenvalue weighted by atomic mass is 9.84. The molecule has 0 saturated carbocycles. The maximum absolute atomic E-state index is 6.05. The summed E-state index contributed by atoms with van der Waals surface area (Å²) < 4.78 is 6.05. The molecule has 122 valence electrons. The largest absolute Gasteiger partial charge is 0.490 e. The highest BCUT2D eigenvalue weighted by molar-refractivity contribution is 5.77. The summed E-state index contributed by atoms with van der Waals surface area (Å²) in [5, 5.41) is 0. The highest BCUT2D eigenvalue weighted by Gasteiger charge is 2.29. The highest BCUT2D eigenvalue weighted by atomic mass is 16.5. The zero-order valence-corrected chi connectivity index (χ0v) is 14.0. The second kappa shape index (κ2) is 5.78. The van der Waals surface area contributed by atoms with E-state index in [1.165, 1.54) is 48.2 Å². The van der Waals surface area contributed by atoms with Gasteiger partial charge in [0, 0.05) is 6.54 Å². The molecule has 6 rings (SSSR count). The molecule has 3 fully saturated rings. The number of benzene rings is 2. The minimum Gasteiger partial charge on any atom is -0.490 e. The summed E-state index contributed by atoms with van der Waals surface area (Å²) in [7, 11) is 0. The number of piperidine rings is 3. The molecule has 2 aromatic carbocycles. The Morgan fingerprint density at radius 2 is 1.83 bits per heavy atom. The second-order valence-electron chi connectivity index (χ2n) is 7.29. The van der Waals surface area contributed by atoms with E-state index in [2.05, 4.69) is 53.4 Å². The highest BCUT2D eigenvalue weighted by Crippen LogP contribution is 2.38. The summed E-state index contributed by atoms with van der Waals surface area (Å²) in [6.45, 7) is 4.43. The molecule has 0 atom stereocenters. The van der Waals surface area contributed by atoms with Crippen molar-refractivity contribution < 1.29 is 4.74 Å². The van der Waals surface area contributed by atoms with Crippen LogP contribution in [-0.4, -0.2) is 31.1 Å². The van der Waals surface area contributed by atoms with E-state index in [1.807, 2.05) is 0 Å². The third-order valence-corrected chi connectivity index (χ3v) is 5.88. The maximum atomic E-state index is 6.05. The topological polar surface area (TPSA) is 12.5 Å². The van der Waals surface area contributed by atoms with E-state index in [0.29, 0.717) is 6.61 Å². The summed E-state index contributed by atoms with van der Waals surface area (Å²) in [5.41, 5.74) is 7.17. The van der Waals surface area contributed by atoms with E-state index >= 15 is 0 Å². The predicted octanol–water partition coefficient (Wildman–Crippen LogP) is 4.29. The summed E-state index contributed by atoms with van der Waals surface area (Å²) in [6, 6.07) is 15.3. The second-order valence-corrected chi connectivity index (χ2v) is 7.29. The molecule has 3 aliphatic heterocycles. The molecular weight excluding hydrogens is 294 g/mol. The van der Waals surface area contributed by atoms with Gasteiger partial charge >= 0.3 is 0 Å². The van der Waals surface area contributed by atoms with Gasteiger partial charge in [0.1, 0.15) is 12.4 Å². The molecule has 2 nitrogen and oxygen atoms in total. The van der Waals surface area contributed by atoms with Gasteiger partial charge in [-0.25, -0.2) is 0 Å². The summed E-state index contributed by atoms with van der Waals surface area (Å²) in [5.74, 6) is 1.81. The number of nitrogens with zero attached hydrogens (tertiary/aromatic N) is 1. The zero-order chi connectivity index (χ0) is 15.9. The summed E-state index contributed by atoms with van der Waals surface area (Å²) >= 11 is 0. The van der Waals surface area contributed by atoms with Gasteiger partial charge in [-0.1, -0.05) is 35.9 Å². The monoisotopic (exact) mass is 317 g/mol. The minimum absolute atomic E-state index is 0.700. The molecule has 1 aliphatic carbocycles. The molecule has 0 spiro atoms. The van der Waals surface area contributed by atoms with Crippen LogP contribution in [0.25, 0.3) is 11.1 Å². The normalized spacial score (nSPS) is 25.6. The Labute approximate surface area is 143 Å². The van der Waals surface area contributed by atoms with Crippen LogP contribution in [0.4, 0.5) is 0 Å². The van der Waals surface area contributed by atoms with Crippen molar-refractivity contribution in [1.29, 1.82) is 0 Å². The van der Waals surface area contributed by atoms with Crippen LogP contribution in [0, 0.1) is 5.92 Å². The van der Waals surface area contributed by atoms with Gasteiger partial charge in [-0.05, 0) is 78.7 Å². The van der Waals surface area contributed by atoms with Gasteiger partial charge in [0.05, 0.1) is 0 Å². The molecule has 3 heterocycles. The Morgan fingerprint density at radius 1 is 1.00 bits per heavy atom. The van der Waals surface area contributed by atoms with Crippen molar-refractivity contribution >= 4 is 0 Å². The van der Waals surface area contributed by atoms with Crippen LogP contribution in [0.15, 0.2) is 54.1 Å².